The number of nitrogens with zero attached hydrogens (tertiary/aromatic N) is 2. The molecule has 1 saturated heterocycles. The summed E-state index contributed by atoms with van der Waals surface area (Å²) < 4.78 is 7.77. The van der Waals surface area contributed by atoms with Gasteiger partial charge in [-0.3, -0.25) is 0 Å². The number of hydrogen-bond acceptors (Lipinski definition) is 3. The van der Waals surface area contributed by atoms with E-state index in [0.717, 1.165) is 6.61 Å². The molecule has 0 radical (unpaired) electrons. The molecular weight excluding hydrogens is 226 g/mol. The van der Waals surface area contributed by atoms with Crippen molar-refractivity contribution in [1.82, 2.24) is 9.55 Å². The first-order chi connectivity index (χ1) is 8.86. The van der Waals surface area contributed by atoms with Gasteiger partial charge < -0.3 is 15.0 Å². The Morgan fingerprint density at radius 1 is 1.28 bits per heavy atom. The second kappa shape index (κ2) is 3.67. The van der Waals surface area contributed by atoms with Crippen LogP contribution in [0.4, 0.5) is 0 Å². The van der Waals surface area contributed by atoms with E-state index in [1.54, 1.807) is 0 Å². The van der Waals surface area contributed by atoms with Crippen LogP contribution >= 0.6 is 0 Å². The molecular formula is C14H15N3O. The third-order valence-corrected chi connectivity index (χ3v) is 4.10. The Hall–Kier alpha value is -1.65. The van der Waals surface area contributed by atoms with Crippen LogP contribution < -0.4 is 5.73 Å². The van der Waals surface area contributed by atoms with E-state index in [4.69, 9.17) is 10.5 Å². The molecule has 4 heteroatoms. The SMILES string of the molecule is N[C@@H]1COC[C@@H]1[C@@H]1c2ccccc2-c2cncn21. The monoisotopic (exact) mass is 241 g/mol. The van der Waals surface area contributed by atoms with Crippen LogP contribution in [0.2, 0.25) is 0 Å². The molecule has 0 bridgehead atoms. The summed E-state index contributed by atoms with van der Waals surface area (Å²) in [5, 5.41) is 0. The zero-order valence-electron chi connectivity index (χ0n) is 9.99. The van der Waals surface area contributed by atoms with Crippen LogP contribution in [0.5, 0.6) is 0 Å². The zero-order valence-corrected chi connectivity index (χ0v) is 9.99. The maximum atomic E-state index is 6.18. The number of aromatic nitrogens is 2. The topological polar surface area (TPSA) is 53.1 Å². The highest BCUT2D eigenvalue weighted by Crippen LogP contribution is 2.44. The predicted octanol–water partition coefficient (Wildman–Crippen LogP) is 1.43. The van der Waals surface area contributed by atoms with Crippen LogP contribution in [0.25, 0.3) is 11.3 Å². The molecule has 0 unspecified atom stereocenters. The van der Waals surface area contributed by atoms with Crippen molar-refractivity contribution in [2.24, 2.45) is 11.7 Å². The average Bonchev–Trinajstić information content (AvgIpc) is 3.05. The van der Waals surface area contributed by atoms with Gasteiger partial charge in [0.2, 0.25) is 0 Å². The molecule has 1 aromatic heterocycles. The van der Waals surface area contributed by atoms with Crippen LogP contribution in [0.3, 0.4) is 0 Å². The average molecular weight is 241 g/mol. The zero-order chi connectivity index (χ0) is 12.1. The van der Waals surface area contributed by atoms with Gasteiger partial charge in [-0.1, -0.05) is 24.3 Å². The standard InChI is InChI=1S/C14H15N3O/c15-12-7-18-6-11(12)14-10-4-2-1-3-9(10)13-5-16-8-17(13)14/h1-5,8,11-12,14H,6-7,15H2/t11-,12+,14-/m0/s1. The second-order valence-corrected chi connectivity index (χ2v) is 5.08. The van der Waals surface area contributed by atoms with Crippen LogP contribution in [0.15, 0.2) is 36.8 Å². The van der Waals surface area contributed by atoms with Crippen LogP contribution in [-0.2, 0) is 4.74 Å². The van der Waals surface area contributed by atoms with Crippen LogP contribution in [-0.4, -0.2) is 28.8 Å². The van der Waals surface area contributed by atoms with Crippen molar-refractivity contribution in [3.05, 3.63) is 42.4 Å². The van der Waals surface area contributed by atoms with Crippen molar-refractivity contribution in [3.63, 3.8) is 0 Å². The minimum Gasteiger partial charge on any atom is -0.379 e. The molecule has 3 atom stereocenters. The lowest BCUT2D eigenvalue weighted by Gasteiger charge is -2.23. The van der Waals surface area contributed by atoms with E-state index in [9.17, 15) is 0 Å². The molecule has 2 aliphatic heterocycles. The Bertz CT molecular complexity index is 592. The molecule has 2 N–H and O–H groups in total. The summed E-state index contributed by atoms with van der Waals surface area (Å²) in [6, 6.07) is 8.89. The fraction of sp³-hybridized carbons (Fsp3) is 0.357. The van der Waals surface area contributed by atoms with Gasteiger partial charge in [0.1, 0.15) is 0 Å². The predicted molar refractivity (Wildman–Crippen MR) is 68.1 cm³/mol. The van der Waals surface area contributed by atoms with Gasteiger partial charge in [-0.05, 0) is 5.56 Å². The van der Waals surface area contributed by atoms with Crippen molar-refractivity contribution < 1.29 is 4.74 Å². The lowest BCUT2D eigenvalue weighted by Crippen LogP contribution is -2.34. The summed E-state index contributed by atoms with van der Waals surface area (Å²) in [7, 11) is 0. The summed E-state index contributed by atoms with van der Waals surface area (Å²) in [6.45, 7) is 1.39. The molecule has 0 amide bonds. The Balaban J connectivity index is 1.89. The van der Waals surface area contributed by atoms with Crippen molar-refractivity contribution in [1.29, 1.82) is 0 Å². The highest BCUT2D eigenvalue weighted by molar-refractivity contribution is 5.69. The minimum atomic E-state index is 0.108. The Labute approximate surface area is 105 Å². The number of nitrogens with two attached hydrogens (primary N) is 1. The normalized spacial score (nSPS) is 29.3. The van der Waals surface area contributed by atoms with Gasteiger partial charge in [0.15, 0.2) is 0 Å². The molecule has 0 saturated carbocycles. The van der Waals surface area contributed by atoms with Crippen molar-refractivity contribution >= 4 is 0 Å². The van der Waals surface area contributed by atoms with Crippen molar-refractivity contribution in [3.8, 4) is 11.3 Å². The minimum absolute atomic E-state index is 0.108. The smallest absolute Gasteiger partial charge is 0.0956 e. The third kappa shape index (κ3) is 1.24. The van der Waals surface area contributed by atoms with Crippen LogP contribution in [0, 0.1) is 5.92 Å². The fourth-order valence-corrected chi connectivity index (χ4v) is 3.22. The first kappa shape index (κ1) is 10.3. The third-order valence-electron chi connectivity index (χ3n) is 4.10. The van der Waals surface area contributed by atoms with Gasteiger partial charge in [0.25, 0.3) is 0 Å². The molecule has 18 heavy (non-hydrogen) atoms. The number of rotatable bonds is 1. The summed E-state index contributed by atoms with van der Waals surface area (Å²) >= 11 is 0. The van der Waals surface area contributed by atoms with E-state index in [1.807, 2.05) is 12.5 Å². The molecule has 92 valence electrons. The van der Waals surface area contributed by atoms with E-state index >= 15 is 0 Å². The second-order valence-electron chi connectivity index (χ2n) is 5.08. The fourth-order valence-electron chi connectivity index (χ4n) is 3.22. The Kier molecular flexibility index (Phi) is 2.10. The molecule has 3 heterocycles. The van der Waals surface area contributed by atoms with E-state index < -0.39 is 0 Å². The molecule has 1 aromatic carbocycles. The van der Waals surface area contributed by atoms with Gasteiger partial charge >= 0.3 is 0 Å². The van der Waals surface area contributed by atoms with Gasteiger partial charge in [-0.25, -0.2) is 4.98 Å². The molecule has 2 aromatic rings. The van der Waals surface area contributed by atoms with Crippen LogP contribution in [0.1, 0.15) is 11.6 Å². The van der Waals surface area contributed by atoms with Gasteiger partial charge in [-0.2, -0.15) is 0 Å². The van der Waals surface area contributed by atoms with Crippen molar-refractivity contribution in [2.75, 3.05) is 13.2 Å². The molecule has 4 nitrogen and oxygen atoms in total. The maximum absolute atomic E-state index is 6.18. The van der Waals surface area contributed by atoms with E-state index in [2.05, 4.69) is 33.8 Å². The Morgan fingerprint density at radius 3 is 3.00 bits per heavy atom. The number of fused-ring (bicyclic) bond motifs is 3. The van der Waals surface area contributed by atoms with Gasteiger partial charge in [0.05, 0.1) is 37.5 Å². The van der Waals surface area contributed by atoms with Gasteiger partial charge in [-0.15, -0.1) is 0 Å². The van der Waals surface area contributed by atoms with Crippen molar-refractivity contribution in [2.45, 2.75) is 12.1 Å². The molecule has 1 fully saturated rings. The van der Waals surface area contributed by atoms with Gasteiger partial charge in [0, 0.05) is 17.5 Å². The quantitative estimate of drug-likeness (QED) is 0.821. The van der Waals surface area contributed by atoms with E-state index in [-0.39, 0.29) is 12.1 Å². The highest BCUT2D eigenvalue weighted by atomic mass is 16.5. The lowest BCUT2D eigenvalue weighted by molar-refractivity contribution is 0.177. The summed E-state index contributed by atoms with van der Waals surface area (Å²) in [6.07, 6.45) is 3.84. The molecule has 0 spiro atoms. The van der Waals surface area contributed by atoms with E-state index in [1.165, 1.54) is 16.8 Å². The number of ether oxygens (including phenoxy) is 1. The molecule has 0 aliphatic carbocycles. The molecule has 4 rings (SSSR count). The first-order valence-corrected chi connectivity index (χ1v) is 6.30. The summed E-state index contributed by atoms with van der Waals surface area (Å²) in [5.41, 5.74) is 10.00. The number of imidazole rings is 1. The number of hydrogen-bond donors (Lipinski definition) is 1. The summed E-state index contributed by atoms with van der Waals surface area (Å²) in [5.74, 6) is 0.335. The van der Waals surface area contributed by atoms with E-state index in [0.29, 0.717) is 12.5 Å². The first-order valence-electron chi connectivity index (χ1n) is 6.30. The largest absolute Gasteiger partial charge is 0.379 e. The maximum Gasteiger partial charge on any atom is 0.0956 e. The molecule has 2 aliphatic rings. The number of benzene rings is 1. The highest BCUT2D eigenvalue weighted by Gasteiger charge is 2.39. The lowest BCUT2D eigenvalue weighted by atomic mass is 9.89. The summed E-state index contributed by atoms with van der Waals surface area (Å²) in [4.78, 5) is 4.27. The Morgan fingerprint density at radius 2 is 2.17 bits per heavy atom.